The molecule has 19 heavy (non-hydrogen) atoms. The van der Waals surface area contributed by atoms with Crippen molar-refractivity contribution < 1.29 is 9.59 Å². The van der Waals surface area contributed by atoms with Gasteiger partial charge in [0.05, 0.1) is 0 Å². The van der Waals surface area contributed by atoms with E-state index in [0.717, 1.165) is 31.5 Å². The van der Waals surface area contributed by atoms with Crippen LogP contribution in [-0.4, -0.2) is 29.8 Å². The molecule has 1 aliphatic rings. The van der Waals surface area contributed by atoms with E-state index < -0.39 is 0 Å². The lowest BCUT2D eigenvalue weighted by Gasteiger charge is -2.32. The molecule has 5 heteroatoms. The Balaban J connectivity index is 2.15. The van der Waals surface area contributed by atoms with Gasteiger partial charge in [0.15, 0.2) is 0 Å². The number of amides is 2. The molecule has 1 heterocycles. The van der Waals surface area contributed by atoms with E-state index in [1.807, 2.05) is 23.1 Å². The lowest BCUT2D eigenvalue weighted by molar-refractivity contribution is -0.129. The van der Waals surface area contributed by atoms with Crippen LogP contribution in [0.3, 0.4) is 0 Å². The Morgan fingerprint density at radius 2 is 1.89 bits per heavy atom. The van der Waals surface area contributed by atoms with Crippen molar-refractivity contribution in [2.75, 3.05) is 13.1 Å². The Kier molecular flexibility index (Phi) is 4.16. The summed E-state index contributed by atoms with van der Waals surface area (Å²) in [4.78, 5) is 24.9. The predicted octanol–water partition coefficient (Wildman–Crippen LogP) is 1.02. The Morgan fingerprint density at radius 1 is 1.26 bits per heavy atom. The number of rotatable bonds is 2. The summed E-state index contributed by atoms with van der Waals surface area (Å²) < 4.78 is 0. The summed E-state index contributed by atoms with van der Waals surface area (Å²) in [5.74, 6) is 5.38. The van der Waals surface area contributed by atoms with Crippen LogP contribution in [-0.2, 0) is 4.79 Å². The summed E-state index contributed by atoms with van der Waals surface area (Å²) in [5.41, 5.74) is 3.84. The maximum Gasteiger partial charge on any atom is 0.265 e. The van der Waals surface area contributed by atoms with Crippen molar-refractivity contribution >= 4 is 11.8 Å². The zero-order chi connectivity index (χ0) is 13.8. The third kappa shape index (κ3) is 2.93. The van der Waals surface area contributed by atoms with E-state index >= 15 is 0 Å². The lowest BCUT2D eigenvalue weighted by Crippen LogP contribution is -2.37. The molecule has 5 nitrogen and oxygen atoms in total. The number of nitrogens with zero attached hydrogens (tertiary/aromatic N) is 1. The summed E-state index contributed by atoms with van der Waals surface area (Å²) in [6, 6.07) is 7.52. The van der Waals surface area contributed by atoms with Gasteiger partial charge in [0, 0.05) is 25.6 Å². The molecule has 0 bridgehead atoms. The number of hydrogen-bond acceptors (Lipinski definition) is 3. The van der Waals surface area contributed by atoms with Gasteiger partial charge < -0.3 is 4.90 Å². The fourth-order valence-corrected chi connectivity index (χ4v) is 2.64. The first-order chi connectivity index (χ1) is 9.13. The molecule has 0 unspecified atom stereocenters. The van der Waals surface area contributed by atoms with E-state index in [0.29, 0.717) is 11.5 Å². The summed E-state index contributed by atoms with van der Waals surface area (Å²) in [5, 5.41) is 0. The molecule has 1 aliphatic heterocycles. The number of piperidine rings is 1. The van der Waals surface area contributed by atoms with Crippen molar-refractivity contribution in [1.82, 2.24) is 10.3 Å². The highest BCUT2D eigenvalue weighted by Gasteiger charge is 2.24. The summed E-state index contributed by atoms with van der Waals surface area (Å²) in [7, 11) is 0. The van der Waals surface area contributed by atoms with Crippen LogP contribution in [0.25, 0.3) is 0 Å². The van der Waals surface area contributed by atoms with Gasteiger partial charge in [-0.15, -0.1) is 0 Å². The Labute approximate surface area is 112 Å². The molecular weight excluding hydrogens is 242 g/mol. The molecule has 2 rings (SSSR count). The van der Waals surface area contributed by atoms with Crippen molar-refractivity contribution in [2.45, 2.75) is 25.7 Å². The average Bonchev–Trinajstić information content (AvgIpc) is 2.46. The minimum absolute atomic E-state index is 0.117. The van der Waals surface area contributed by atoms with Gasteiger partial charge in [0.1, 0.15) is 0 Å². The smallest absolute Gasteiger partial charge is 0.265 e. The number of nitrogens with two attached hydrogens (primary N) is 1. The third-order valence-corrected chi connectivity index (χ3v) is 3.72. The number of hydrazine groups is 1. The second-order valence-corrected chi connectivity index (χ2v) is 4.84. The minimum Gasteiger partial charge on any atom is -0.343 e. The molecular formula is C14H19N3O2. The van der Waals surface area contributed by atoms with Crippen LogP contribution < -0.4 is 11.3 Å². The molecule has 1 aromatic rings. The molecule has 0 radical (unpaired) electrons. The molecule has 0 aromatic heterocycles. The van der Waals surface area contributed by atoms with Crippen LogP contribution in [0.1, 0.15) is 41.6 Å². The van der Waals surface area contributed by atoms with Crippen molar-refractivity contribution in [2.24, 2.45) is 5.84 Å². The van der Waals surface area contributed by atoms with Crippen molar-refractivity contribution in [3.05, 3.63) is 35.4 Å². The molecule has 0 aliphatic carbocycles. The van der Waals surface area contributed by atoms with Gasteiger partial charge in [0.25, 0.3) is 5.91 Å². The molecule has 2 amide bonds. The Morgan fingerprint density at radius 3 is 2.47 bits per heavy atom. The van der Waals surface area contributed by atoms with Crippen LogP contribution in [0.5, 0.6) is 0 Å². The number of carbonyl (C=O) groups is 2. The summed E-state index contributed by atoms with van der Waals surface area (Å²) >= 11 is 0. The van der Waals surface area contributed by atoms with Gasteiger partial charge in [-0.1, -0.05) is 18.2 Å². The zero-order valence-electron chi connectivity index (χ0n) is 11.1. The molecule has 0 atom stereocenters. The van der Waals surface area contributed by atoms with Crippen molar-refractivity contribution in [3.63, 3.8) is 0 Å². The number of nitrogens with one attached hydrogen (secondary N) is 1. The van der Waals surface area contributed by atoms with Gasteiger partial charge in [0.2, 0.25) is 5.91 Å². The predicted molar refractivity (Wildman–Crippen MR) is 72.3 cm³/mol. The number of benzene rings is 1. The van der Waals surface area contributed by atoms with E-state index in [2.05, 4.69) is 5.43 Å². The van der Waals surface area contributed by atoms with Gasteiger partial charge in [-0.05, 0) is 30.4 Å². The van der Waals surface area contributed by atoms with Crippen LogP contribution in [0.4, 0.5) is 0 Å². The molecule has 102 valence electrons. The van der Waals surface area contributed by atoms with E-state index in [1.54, 1.807) is 13.0 Å². The zero-order valence-corrected chi connectivity index (χ0v) is 11.1. The molecule has 1 fully saturated rings. The van der Waals surface area contributed by atoms with Gasteiger partial charge in [-0.3, -0.25) is 15.0 Å². The first kappa shape index (κ1) is 13.5. The normalized spacial score (nSPS) is 16.2. The van der Waals surface area contributed by atoms with Gasteiger partial charge in [-0.25, -0.2) is 5.84 Å². The van der Waals surface area contributed by atoms with E-state index in [-0.39, 0.29) is 11.8 Å². The highest BCUT2D eigenvalue weighted by atomic mass is 16.2. The average molecular weight is 261 g/mol. The minimum atomic E-state index is -0.260. The second kappa shape index (κ2) is 5.84. The topological polar surface area (TPSA) is 75.4 Å². The Bertz CT molecular complexity index is 479. The van der Waals surface area contributed by atoms with E-state index in [9.17, 15) is 9.59 Å². The molecule has 0 spiro atoms. The van der Waals surface area contributed by atoms with Gasteiger partial charge >= 0.3 is 0 Å². The number of nitrogen functional groups attached to an aromatic ring is 1. The summed E-state index contributed by atoms with van der Waals surface area (Å²) in [6.45, 7) is 3.09. The first-order valence-corrected chi connectivity index (χ1v) is 6.49. The summed E-state index contributed by atoms with van der Waals surface area (Å²) in [6.07, 6.45) is 1.77. The quantitative estimate of drug-likeness (QED) is 0.474. The SMILES string of the molecule is CC(=O)N1CCC(c2ccccc2C(=O)NN)CC1. The number of likely N-dealkylation sites (tertiary alicyclic amines) is 1. The maximum atomic E-state index is 11.7. The number of hydrogen-bond donors (Lipinski definition) is 2. The fraction of sp³-hybridized carbons (Fsp3) is 0.429. The van der Waals surface area contributed by atoms with Gasteiger partial charge in [-0.2, -0.15) is 0 Å². The third-order valence-electron chi connectivity index (χ3n) is 3.72. The largest absolute Gasteiger partial charge is 0.343 e. The first-order valence-electron chi connectivity index (χ1n) is 6.49. The highest BCUT2D eigenvalue weighted by Crippen LogP contribution is 2.30. The molecule has 1 aromatic carbocycles. The Hall–Kier alpha value is -1.88. The maximum absolute atomic E-state index is 11.7. The van der Waals surface area contributed by atoms with E-state index in [4.69, 9.17) is 5.84 Å². The van der Waals surface area contributed by atoms with Crippen LogP contribution >= 0.6 is 0 Å². The molecule has 1 saturated heterocycles. The lowest BCUT2D eigenvalue weighted by atomic mass is 9.86. The monoisotopic (exact) mass is 261 g/mol. The molecule has 3 N–H and O–H groups in total. The van der Waals surface area contributed by atoms with Crippen LogP contribution in [0.15, 0.2) is 24.3 Å². The second-order valence-electron chi connectivity index (χ2n) is 4.84. The van der Waals surface area contributed by atoms with Crippen molar-refractivity contribution in [1.29, 1.82) is 0 Å². The number of carbonyl (C=O) groups excluding carboxylic acids is 2. The fourth-order valence-electron chi connectivity index (χ4n) is 2.64. The van der Waals surface area contributed by atoms with Crippen LogP contribution in [0, 0.1) is 0 Å². The molecule has 0 saturated carbocycles. The van der Waals surface area contributed by atoms with Crippen LogP contribution in [0.2, 0.25) is 0 Å². The van der Waals surface area contributed by atoms with Crippen molar-refractivity contribution in [3.8, 4) is 0 Å². The highest BCUT2D eigenvalue weighted by molar-refractivity contribution is 5.95. The standard InChI is InChI=1S/C14H19N3O2/c1-10(18)17-8-6-11(7-9-17)12-4-2-3-5-13(12)14(19)16-15/h2-5,11H,6-9,15H2,1H3,(H,16,19). The van der Waals surface area contributed by atoms with E-state index in [1.165, 1.54) is 0 Å².